The van der Waals surface area contributed by atoms with Crippen molar-refractivity contribution in [2.45, 2.75) is 50.8 Å². The summed E-state index contributed by atoms with van der Waals surface area (Å²) in [7, 11) is 0. The number of allylic oxidation sites excluding steroid dienone is 1. The van der Waals surface area contributed by atoms with E-state index in [0.717, 1.165) is 29.7 Å². The SMILES string of the molecule is C=Nc1ccccc1SCC1CCC(CCC)(C(=C)OCC)C1. The molecule has 0 saturated heterocycles. The molecule has 3 heteroatoms. The Morgan fingerprint density at radius 1 is 1.39 bits per heavy atom. The predicted octanol–water partition coefficient (Wildman–Crippen LogP) is 6.25. The van der Waals surface area contributed by atoms with Gasteiger partial charge in [-0.15, -0.1) is 11.8 Å². The van der Waals surface area contributed by atoms with Crippen LogP contribution in [0.25, 0.3) is 0 Å². The van der Waals surface area contributed by atoms with Crippen LogP contribution in [-0.4, -0.2) is 19.1 Å². The summed E-state index contributed by atoms with van der Waals surface area (Å²) in [4.78, 5) is 5.36. The minimum Gasteiger partial charge on any atom is -0.498 e. The minimum atomic E-state index is 0.201. The van der Waals surface area contributed by atoms with E-state index in [1.165, 1.54) is 37.0 Å². The molecule has 2 atom stereocenters. The monoisotopic (exact) mass is 331 g/mol. The van der Waals surface area contributed by atoms with Crippen LogP contribution < -0.4 is 0 Å². The van der Waals surface area contributed by atoms with Crippen LogP contribution in [0.3, 0.4) is 0 Å². The second-order valence-electron chi connectivity index (χ2n) is 6.43. The first-order valence-electron chi connectivity index (χ1n) is 8.66. The molecule has 0 bridgehead atoms. The highest BCUT2D eigenvalue weighted by atomic mass is 32.2. The largest absolute Gasteiger partial charge is 0.498 e. The number of aliphatic imine (C=N–C) groups is 1. The lowest BCUT2D eigenvalue weighted by Crippen LogP contribution is -2.21. The number of thioether (sulfide) groups is 1. The Bertz CT molecular complexity index is 542. The summed E-state index contributed by atoms with van der Waals surface area (Å²) in [6.45, 7) is 12.9. The van der Waals surface area contributed by atoms with Crippen molar-refractivity contribution in [3.8, 4) is 0 Å². The van der Waals surface area contributed by atoms with E-state index in [1.54, 1.807) is 0 Å². The van der Waals surface area contributed by atoms with E-state index in [-0.39, 0.29) is 5.41 Å². The molecule has 0 N–H and O–H groups in total. The fourth-order valence-corrected chi connectivity index (χ4v) is 4.88. The summed E-state index contributed by atoms with van der Waals surface area (Å²) in [5.41, 5.74) is 1.20. The van der Waals surface area contributed by atoms with Crippen molar-refractivity contribution in [1.82, 2.24) is 0 Å². The average Bonchev–Trinajstić information content (AvgIpc) is 2.98. The highest BCUT2D eigenvalue weighted by Crippen LogP contribution is 2.51. The molecule has 0 radical (unpaired) electrons. The third-order valence-electron chi connectivity index (χ3n) is 4.86. The van der Waals surface area contributed by atoms with Gasteiger partial charge < -0.3 is 4.74 Å². The van der Waals surface area contributed by atoms with Crippen LogP contribution in [0, 0.1) is 11.3 Å². The first-order valence-corrected chi connectivity index (χ1v) is 9.64. The molecule has 1 aromatic rings. The maximum atomic E-state index is 5.80. The first-order chi connectivity index (χ1) is 11.1. The maximum absolute atomic E-state index is 5.80. The molecule has 0 amide bonds. The Kier molecular flexibility index (Phi) is 6.76. The van der Waals surface area contributed by atoms with E-state index in [9.17, 15) is 0 Å². The normalized spacial score (nSPS) is 23.7. The van der Waals surface area contributed by atoms with Crippen LogP contribution in [0.4, 0.5) is 5.69 Å². The highest BCUT2D eigenvalue weighted by molar-refractivity contribution is 7.99. The van der Waals surface area contributed by atoms with Crippen molar-refractivity contribution in [3.05, 3.63) is 36.6 Å². The van der Waals surface area contributed by atoms with Crippen LogP contribution in [0.2, 0.25) is 0 Å². The summed E-state index contributed by atoms with van der Waals surface area (Å²) in [5, 5.41) is 0. The molecule has 2 rings (SSSR count). The highest BCUT2D eigenvalue weighted by Gasteiger charge is 2.41. The standard InChI is InChI=1S/C20H29NOS/c1-5-12-20(16(3)22-6-2)13-11-17(14-20)15-23-19-10-8-7-9-18(19)21-4/h7-10,17H,3-6,11-15H2,1-2H3. The van der Waals surface area contributed by atoms with Gasteiger partial charge in [-0.05, 0) is 57.4 Å². The Balaban J connectivity index is 1.98. The van der Waals surface area contributed by atoms with Gasteiger partial charge in [0.25, 0.3) is 0 Å². The van der Waals surface area contributed by atoms with Gasteiger partial charge in [0.2, 0.25) is 0 Å². The van der Waals surface area contributed by atoms with Crippen molar-refractivity contribution in [3.63, 3.8) is 0 Å². The molecule has 0 heterocycles. The quantitative estimate of drug-likeness (QED) is 0.303. The van der Waals surface area contributed by atoms with Crippen LogP contribution in [0.15, 0.2) is 46.5 Å². The van der Waals surface area contributed by atoms with Crippen molar-refractivity contribution in [1.29, 1.82) is 0 Å². The maximum Gasteiger partial charge on any atom is 0.0949 e. The number of hydrogen-bond acceptors (Lipinski definition) is 3. The third kappa shape index (κ3) is 4.41. The molecule has 0 aromatic heterocycles. The zero-order valence-electron chi connectivity index (χ0n) is 14.5. The zero-order valence-corrected chi connectivity index (χ0v) is 15.3. The van der Waals surface area contributed by atoms with Gasteiger partial charge in [-0.2, -0.15) is 0 Å². The molecule has 2 unspecified atom stereocenters. The lowest BCUT2D eigenvalue weighted by molar-refractivity contribution is 0.128. The molecule has 1 aliphatic rings. The molecular weight excluding hydrogens is 302 g/mol. The van der Waals surface area contributed by atoms with Gasteiger partial charge in [-0.3, -0.25) is 4.99 Å². The zero-order chi connectivity index (χ0) is 16.7. The smallest absolute Gasteiger partial charge is 0.0949 e. The molecule has 0 aliphatic heterocycles. The van der Waals surface area contributed by atoms with Crippen LogP contribution >= 0.6 is 11.8 Å². The Morgan fingerprint density at radius 3 is 2.87 bits per heavy atom. The Hall–Kier alpha value is -1.22. The fraction of sp³-hybridized carbons (Fsp3) is 0.550. The summed E-state index contributed by atoms with van der Waals surface area (Å²) >= 11 is 1.91. The molecule has 1 fully saturated rings. The number of benzene rings is 1. The molecule has 1 aliphatic carbocycles. The minimum absolute atomic E-state index is 0.201. The molecule has 0 spiro atoms. The molecular formula is C20H29NOS. The third-order valence-corrected chi connectivity index (χ3v) is 6.15. The van der Waals surface area contributed by atoms with Crippen LogP contribution in [0.1, 0.15) is 46.0 Å². The summed E-state index contributed by atoms with van der Waals surface area (Å²) in [6, 6.07) is 8.26. The lowest BCUT2D eigenvalue weighted by Gasteiger charge is -2.31. The summed E-state index contributed by atoms with van der Waals surface area (Å²) in [6.07, 6.45) is 6.07. The van der Waals surface area contributed by atoms with E-state index in [1.807, 2.05) is 30.8 Å². The molecule has 126 valence electrons. The average molecular weight is 332 g/mol. The van der Waals surface area contributed by atoms with Crippen molar-refractivity contribution >= 4 is 24.2 Å². The second kappa shape index (κ2) is 8.58. The van der Waals surface area contributed by atoms with E-state index < -0.39 is 0 Å². The van der Waals surface area contributed by atoms with Crippen molar-refractivity contribution in [2.75, 3.05) is 12.4 Å². The van der Waals surface area contributed by atoms with E-state index in [4.69, 9.17) is 4.74 Å². The van der Waals surface area contributed by atoms with Gasteiger partial charge in [-0.25, -0.2) is 0 Å². The number of hydrogen-bond donors (Lipinski definition) is 0. The number of para-hydroxylation sites is 1. The van der Waals surface area contributed by atoms with E-state index >= 15 is 0 Å². The van der Waals surface area contributed by atoms with Gasteiger partial charge in [0, 0.05) is 16.1 Å². The number of ether oxygens (including phenoxy) is 1. The second-order valence-corrected chi connectivity index (χ2v) is 7.49. The van der Waals surface area contributed by atoms with Gasteiger partial charge in [0.05, 0.1) is 18.1 Å². The Labute approximate surface area is 145 Å². The molecule has 1 saturated carbocycles. The van der Waals surface area contributed by atoms with Gasteiger partial charge in [-0.1, -0.05) is 32.1 Å². The van der Waals surface area contributed by atoms with Crippen LogP contribution in [0.5, 0.6) is 0 Å². The summed E-state index contributed by atoms with van der Waals surface area (Å²) in [5.74, 6) is 2.88. The van der Waals surface area contributed by atoms with Gasteiger partial charge in [0.1, 0.15) is 0 Å². The van der Waals surface area contributed by atoms with Gasteiger partial charge >= 0.3 is 0 Å². The number of nitrogens with zero attached hydrogens (tertiary/aromatic N) is 1. The predicted molar refractivity (Wildman–Crippen MR) is 102 cm³/mol. The molecule has 23 heavy (non-hydrogen) atoms. The Morgan fingerprint density at radius 2 is 2.17 bits per heavy atom. The molecule has 1 aromatic carbocycles. The molecule has 2 nitrogen and oxygen atoms in total. The van der Waals surface area contributed by atoms with E-state index in [2.05, 4.69) is 37.3 Å². The topological polar surface area (TPSA) is 21.6 Å². The number of rotatable bonds is 9. The van der Waals surface area contributed by atoms with Crippen LogP contribution in [-0.2, 0) is 4.74 Å². The van der Waals surface area contributed by atoms with E-state index in [0.29, 0.717) is 0 Å². The van der Waals surface area contributed by atoms with Gasteiger partial charge in [0.15, 0.2) is 0 Å². The fourth-order valence-electron chi connectivity index (χ4n) is 3.72. The summed E-state index contributed by atoms with van der Waals surface area (Å²) < 4.78 is 5.80. The first kappa shape index (κ1) is 18.1. The van der Waals surface area contributed by atoms with Crippen molar-refractivity contribution < 1.29 is 4.74 Å². The lowest BCUT2D eigenvalue weighted by atomic mass is 9.79. The van der Waals surface area contributed by atoms with Crippen molar-refractivity contribution in [2.24, 2.45) is 16.3 Å².